The molecule has 0 aromatic heterocycles. The fourth-order valence-corrected chi connectivity index (χ4v) is 2.92. The van der Waals surface area contributed by atoms with Gasteiger partial charge in [0, 0.05) is 5.56 Å². The summed E-state index contributed by atoms with van der Waals surface area (Å²) in [6, 6.07) is 6.97. The minimum atomic E-state index is -1.22. The third kappa shape index (κ3) is 4.76. The average Bonchev–Trinajstić information content (AvgIpc) is 2.56. The quantitative estimate of drug-likeness (QED) is 0.616. The number of carboxylic acid groups (broad SMARTS) is 1. The lowest BCUT2D eigenvalue weighted by Crippen LogP contribution is -2.34. The highest BCUT2D eigenvalue weighted by molar-refractivity contribution is 7.80. The van der Waals surface area contributed by atoms with Gasteiger partial charge in [-0.2, -0.15) is 0 Å². The molecule has 3 N–H and O–H groups in total. The number of amides is 1. The van der Waals surface area contributed by atoms with Gasteiger partial charge in [-0.1, -0.05) is 34.8 Å². The second-order valence-electron chi connectivity index (χ2n) is 4.87. The number of hydrogen-bond donors (Lipinski definition) is 3. The molecule has 2 aromatic carbocycles. The van der Waals surface area contributed by atoms with Crippen molar-refractivity contribution >= 4 is 69.7 Å². The Balaban J connectivity index is 2.13. The monoisotopic (exact) mass is 432 g/mol. The average molecular weight is 434 g/mol. The van der Waals surface area contributed by atoms with E-state index < -0.39 is 11.9 Å². The maximum Gasteiger partial charge on any atom is 0.337 e. The number of nitrogens with one attached hydrogen (secondary N) is 2. The highest BCUT2D eigenvalue weighted by Crippen LogP contribution is 2.29. The van der Waals surface area contributed by atoms with Crippen LogP contribution in [-0.4, -0.2) is 29.2 Å². The van der Waals surface area contributed by atoms with E-state index in [1.807, 2.05) is 0 Å². The van der Waals surface area contributed by atoms with Crippen LogP contribution in [0.2, 0.25) is 15.1 Å². The second-order valence-corrected chi connectivity index (χ2v) is 6.50. The summed E-state index contributed by atoms with van der Waals surface area (Å²) in [7, 11) is 1.46. The number of hydrogen-bond acceptors (Lipinski definition) is 4. The van der Waals surface area contributed by atoms with Gasteiger partial charge in [0.05, 0.1) is 33.4 Å². The number of thiocarbonyl (C=S) groups is 1. The van der Waals surface area contributed by atoms with Crippen LogP contribution in [0, 0.1) is 0 Å². The number of ether oxygens (including phenoxy) is 1. The molecule has 0 aliphatic rings. The van der Waals surface area contributed by atoms with Gasteiger partial charge >= 0.3 is 5.97 Å². The molecule has 0 atom stereocenters. The van der Waals surface area contributed by atoms with Crippen molar-refractivity contribution in [1.82, 2.24) is 5.32 Å². The SMILES string of the molecule is COc1ccc(C(=O)NC(=S)Nc2cc(C(=O)O)c(Cl)cc2Cl)cc1Cl. The van der Waals surface area contributed by atoms with Crippen LogP contribution in [-0.2, 0) is 0 Å². The maximum atomic E-state index is 12.2. The zero-order chi connectivity index (χ0) is 19.4. The molecule has 0 bridgehead atoms. The normalized spacial score (nSPS) is 10.2. The first kappa shape index (κ1) is 20.3. The van der Waals surface area contributed by atoms with Crippen LogP contribution in [0.4, 0.5) is 5.69 Å². The number of methoxy groups -OCH3 is 1. The smallest absolute Gasteiger partial charge is 0.337 e. The Morgan fingerprint density at radius 2 is 1.77 bits per heavy atom. The summed E-state index contributed by atoms with van der Waals surface area (Å²) < 4.78 is 5.02. The lowest BCUT2D eigenvalue weighted by molar-refractivity contribution is 0.0697. The summed E-state index contributed by atoms with van der Waals surface area (Å²) in [5.74, 6) is -1.31. The van der Waals surface area contributed by atoms with Crippen molar-refractivity contribution in [3.8, 4) is 5.75 Å². The topological polar surface area (TPSA) is 87.7 Å². The van der Waals surface area contributed by atoms with Gasteiger partial charge in [0.1, 0.15) is 5.75 Å². The molecular weight excluding hydrogens is 423 g/mol. The molecule has 0 unspecified atom stereocenters. The first-order valence-corrected chi connectivity index (χ1v) is 8.45. The molecule has 1 amide bonds. The fraction of sp³-hybridized carbons (Fsp3) is 0.0625. The standard InChI is InChI=1S/C16H11Cl3N2O4S/c1-25-13-3-2-7(4-11(13)19)14(22)21-16(26)20-12-5-8(15(23)24)9(17)6-10(12)18/h2-6H,1H3,(H,23,24)(H2,20,21,22,26). The Morgan fingerprint density at radius 3 is 2.35 bits per heavy atom. The van der Waals surface area contributed by atoms with E-state index in [-0.39, 0.29) is 37.0 Å². The third-order valence-electron chi connectivity index (χ3n) is 3.18. The van der Waals surface area contributed by atoms with Crippen LogP contribution in [0.1, 0.15) is 20.7 Å². The summed E-state index contributed by atoms with van der Waals surface area (Å²) in [6.45, 7) is 0. The number of benzene rings is 2. The largest absolute Gasteiger partial charge is 0.495 e. The van der Waals surface area contributed by atoms with Crippen molar-refractivity contribution < 1.29 is 19.4 Å². The van der Waals surface area contributed by atoms with Crippen LogP contribution < -0.4 is 15.4 Å². The number of aromatic carboxylic acids is 1. The first-order chi connectivity index (χ1) is 12.2. The lowest BCUT2D eigenvalue weighted by atomic mass is 10.2. The molecule has 0 spiro atoms. The molecular formula is C16H11Cl3N2O4S. The Bertz CT molecular complexity index is 905. The van der Waals surface area contributed by atoms with Crippen molar-refractivity contribution in [3.63, 3.8) is 0 Å². The van der Waals surface area contributed by atoms with E-state index in [1.54, 1.807) is 6.07 Å². The molecule has 0 heterocycles. The molecule has 2 aromatic rings. The molecule has 10 heteroatoms. The van der Waals surface area contributed by atoms with Crippen molar-refractivity contribution in [2.75, 3.05) is 12.4 Å². The van der Waals surface area contributed by atoms with Crippen molar-refractivity contribution in [2.45, 2.75) is 0 Å². The van der Waals surface area contributed by atoms with Gasteiger partial charge in [0.25, 0.3) is 5.91 Å². The van der Waals surface area contributed by atoms with E-state index in [4.69, 9.17) is 56.9 Å². The zero-order valence-corrected chi connectivity index (χ0v) is 16.2. The summed E-state index contributed by atoms with van der Waals surface area (Å²) in [6.07, 6.45) is 0. The number of carboxylic acids is 1. The molecule has 0 fully saturated rings. The minimum Gasteiger partial charge on any atom is -0.495 e. The summed E-state index contributed by atoms with van der Waals surface area (Å²) >= 11 is 22.9. The second kappa shape index (κ2) is 8.55. The third-order valence-corrected chi connectivity index (χ3v) is 4.30. The van der Waals surface area contributed by atoms with Crippen molar-refractivity contribution in [3.05, 3.63) is 56.5 Å². The van der Waals surface area contributed by atoms with E-state index in [2.05, 4.69) is 10.6 Å². The van der Waals surface area contributed by atoms with Crippen molar-refractivity contribution in [1.29, 1.82) is 0 Å². The molecule has 0 saturated heterocycles. The first-order valence-electron chi connectivity index (χ1n) is 6.91. The number of carbonyl (C=O) groups excluding carboxylic acids is 1. The van der Waals surface area contributed by atoms with Crippen LogP contribution in [0.25, 0.3) is 0 Å². The van der Waals surface area contributed by atoms with Crippen LogP contribution in [0.5, 0.6) is 5.75 Å². The van der Waals surface area contributed by atoms with Gasteiger partial charge in [0.15, 0.2) is 5.11 Å². The zero-order valence-electron chi connectivity index (χ0n) is 13.1. The van der Waals surface area contributed by atoms with Crippen LogP contribution in [0.15, 0.2) is 30.3 Å². The highest BCUT2D eigenvalue weighted by Gasteiger charge is 2.15. The fourth-order valence-electron chi connectivity index (χ4n) is 1.95. The Morgan fingerprint density at radius 1 is 1.08 bits per heavy atom. The van der Waals surface area contributed by atoms with Crippen LogP contribution in [0.3, 0.4) is 0 Å². The van der Waals surface area contributed by atoms with Gasteiger partial charge in [-0.25, -0.2) is 4.79 Å². The lowest BCUT2D eigenvalue weighted by Gasteiger charge is -2.13. The molecule has 0 saturated carbocycles. The van der Waals surface area contributed by atoms with Crippen molar-refractivity contribution in [2.24, 2.45) is 0 Å². The molecule has 26 heavy (non-hydrogen) atoms. The molecule has 0 aliphatic heterocycles. The Kier molecular flexibility index (Phi) is 6.66. The highest BCUT2D eigenvalue weighted by atomic mass is 35.5. The summed E-state index contributed by atoms with van der Waals surface area (Å²) in [4.78, 5) is 23.4. The van der Waals surface area contributed by atoms with Gasteiger partial charge in [0.2, 0.25) is 0 Å². The Hall–Kier alpha value is -2.06. The predicted molar refractivity (Wildman–Crippen MR) is 105 cm³/mol. The summed E-state index contributed by atoms with van der Waals surface area (Å²) in [5.41, 5.74) is 0.287. The van der Waals surface area contributed by atoms with Gasteiger partial charge in [-0.15, -0.1) is 0 Å². The molecule has 6 nitrogen and oxygen atoms in total. The van der Waals surface area contributed by atoms with E-state index in [0.29, 0.717) is 5.75 Å². The number of rotatable bonds is 4. The minimum absolute atomic E-state index is 0.0177. The van der Waals surface area contributed by atoms with Gasteiger partial charge < -0.3 is 15.2 Å². The van der Waals surface area contributed by atoms with Gasteiger partial charge in [-0.05, 0) is 42.5 Å². The number of carbonyl (C=O) groups is 2. The number of anilines is 1. The van der Waals surface area contributed by atoms with E-state index in [0.717, 1.165) is 0 Å². The predicted octanol–water partition coefficient (Wildman–Crippen LogP) is 4.48. The maximum absolute atomic E-state index is 12.2. The van der Waals surface area contributed by atoms with Gasteiger partial charge in [-0.3, -0.25) is 10.1 Å². The number of halogens is 3. The molecule has 2 rings (SSSR count). The van der Waals surface area contributed by atoms with Crippen LogP contribution >= 0.6 is 47.0 Å². The van der Waals surface area contributed by atoms with E-state index >= 15 is 0 Å². The molecule has 136 valence electrons. The van der Waals surface area contributed by atoms with E-state index in [9.17, 15) is 9.59 Å². The Labute approximate surface area is 169 Å². The van der Waals surface area contributed by atoms with E-state index in [1.165, 1.54) is 31.4 Å². The molecule has 0 radical (unpaired) electrons. The summed E-state index contributed by atoms with van der Waals surface area (Å²) in [5, 5.41) is 14.5. The molecule has 0 aliphatic carbocycles.